The Morgan fingerprint density at radius 3 is 2.42 bits per heavy atom. The van der Waals surface area contributed by atoms with Gasteiger partial charge in [-0.2, -0.15) is 0 Å². The van der Waals surface area contributed by atoms with Gasteiger partial charge in [-0.25, -0.2) is 5.43 Å². The van der Waals surface area contributed by atoms with E-state index in [1.165, 1.54) is 11.3 Å². The number of benzene rings is 1. The molecular weight excluding hydrogens is 148 g/mol. The molecule has 0 unspecified atom stereocenters. The van der Waals surface area contributed by atoms with E-state index < -0.39 is 0 Å². The first-order chi connectivity index (χ1) is 5.77. The van der Waals surface area contributed by atoms with Gasteiger partial charge in [0.2, 0.25) is 0 Å². The average molecular weight is 160 g/mol. The van der Waals surface area contributed by atoms with E-state index in [2.05, 4.69) is 41.3 Å². The first kappa shape index (κ1) is 7.37. The molecule has 1 saturated heterocycles. The quantitative estimate of drug-likeness (QED) is 0.669. The van der Waals surface area contributed by atoms with Crippen molar-refractivity contribution in [3.8, 4) is 0 Å². The molecular formula is C10H12N2. The predicted octanol–water partition coefficient (Wildman–Crippen LogP) is 2.00. The summed E-state index contributed by atoms with van der Waals surface area (Å²) < 4.78 is 0. The third kappa shape index (κ3) is 1.34. The van der Waals surface area contributed by atoms with Crippen LogP contribution in [0.5, 0.6) is 0 Å². The standard InChI is InChI=1S/C10H12N2/c1-8(2)9-3-5-10(6-4-9)12-7-11-12/h3-6,11H,1,7H2,2H3. The molecule has 0 radical (unpaired) electrons. The highest BCUT2D eigenvalue weighted by Crippen LogP contribution is 2.20. The van der Waals surface area contributed by atoms with Crippen molar-refractivity contribution in [3.63, 3.8) is 0 Å². The topological polar surface area (TPSA) is 25.0 Å². The third-order valence-electron chi connectivity index (χ3n) is 1.99. The van der Waals surface area contributed by atoms with E-state index in [0.717, 1.165) is 12.2 Å². The molecule has 1 aliphatic rings. The van der Waals surface area contributed by atoms with Gasteiger partial charge >= 0.3 is 0 Å². The molecule has 1 aliphatic heterocycles. The Bertz CT molecular complexity index is 296. The minimum atomic E-state index is 0.965. The summed E-state index contributed by atoms with van der Waals surface area (Å²) >= 11 is 0. The molecule has 0 atom stereocenters. The van der Waals surface area contributed by atoms with Gasteiger partial charge in [0.25, 0.3) is 0 Å². The summed E-state index contributed by atoms with van der Waals surface area (Å²) in [5.41, 5.74) is 6.65. The molecule has 0 spiro atoms. The summed E-state index contributed by atoms with van der Waals surface area (Å²) in [6.45, 7) is 6.87. The van der Waals surface area contributed by atoms with Gasteiger partial charge < -0.3 is 0 Å². The largest absolute Gasteiger partial charge is 0.291 e. The summed E-state index contributed by atoms with van der Waals surface area (Å²) in [7, 11) is 0. The fourth-order valence-electron chi connectivity index (χ4n) is 1.14. The highest BCUT2D eigenvalue weighted by atomic mass is 15.7. The van der Waals surface area contributed by atoms with Crippen LogP contribution in [0.2, 0.25) is 0 Å². The number of allylic oxidation sites excluding steroid dienone is 1. The summed E-state index contributed by atoms with van der Waals surface area (Å²) in [6, 6.07) is 8.39. The highest BCUT2D eigenvalue weighted by molar-refractivity contribution is 5.64. The summed E-state index contributed by atoms with van der Waals surface area (Å²) in [4.78, 5) is 0. The predicted molar refractivity (Wildman–Crippen MR) is 51.6 cm³/mol. The van der Waals surface area contributed by atoms with E-state index in [1.807, 2.05) is 6.92 Å². The lowest BCUT2D eigenvalue weighted by molar-refractivity contribution is 1.24. The van der Waals surface area contributed by atoms with Crippen LogP contribution in [0.1, 0.15) is 12.5 Å². The molecule has 1 aromatic rings. The Balaban J connectivity index is 2.24. The molecule has 1 aromatic carbocycles. The highest BCUT2D eigenvalue weighted by Gasteiger charge is 2.15. The maximum Gasteiger partial charge on any atom is 0.101 e. The first-order valence-corrected chi connectivity index (χ1v) is 4.04. The van der Waals surface area contributed by atoms with Gasteiger partial charge in [0.05, 0.1) is 5.69 Å². The van der Waals surface area contributed by atoms with Gasteiger partial charge in [-0.05, 0) is 24.6 Å². The Labute approximate surface area is 72.5 Å². The molecule has 12 heavy (non-hydrogen) atoms. The van der Waals surface area contributed by atoms with Gasteiger partial charge in [0, 0.05) is 0 Å². The number of nitrogens with one attached hydrogen (secondary N) is 1. The van der Waals surface area contributed by atoms with Gasteiger partial charge in [-0.15, -0.1) is 0 Å². The van der Waals surface area contributed by atoms with Crippen LogP contribution in [0, 0.1) is 0 Å². The molecule has 0 aromatic heterocycles. The van der Waals surface area contributed by atoms with Crippen LogP contribution in [0.15, 0.2) is 30.8 Å². The number of rotatable bonds is 2. The zero-order valence-corrected chi connectivity index (χ0v) is 7.17. The van der Waals surface area contributed by atoms with Gasteiger partial charge in [0.15, 0.2) is 0 Å². The fourth-order valence-corrected chi connectivity index (χ4v) is 1.14. The van der Waals surface area contributed by atoms with Gasteiger partial charge in [-0.1, -0.05) is 24.3 Å². The van der Waals surface area contributed by atoms with Crippen molar-refractivity contribution in [2.24, 2.45) is 0 Å². The van der Waals surface area contributed by atoms with E-state index in [1.54, 1.807) is 0 Å². The van der Waals surface area contributed by atoms with Crippen LogP contribution in [0.3, 0.4) is 0 Å². The molecule has 0 saturated carbocycles. The Morgan fingerprint density at radius 1 is 1.42 bits per heavy atom. The second-order valence-corrected chi connectivity index (χ2v) is 3.07. The zero-order valence-electron chi connectivity index (χ0n) is 7.17. The number of hydrazine groups is 1. The van der Waals surface area contributed by atoms with Crippen LogP contribution in [-0.2, 0) is 0 Å². The van der Waals surface area contributed by atoms with Crippen LogP contribution >= 0.6 is 0 Å². The van der Waals surface area contributed by atoms with E-state index >= 15 is 0 Å². The lowest BCUT2D eigenvalue weighted by atomic mass is 10.1. The van der Waals surface area contributed by atoms with Crippen molar-refractivity contribution in [3.05, 3.63) is 36.4 Å². The first-order valence-electron chi connectivity index (χ1n) is 4.04. The second-order valence-electron chi connectivity index (χ2n) is 3.07. The van der Waals surface area contributed by atoms with Crippen LogP contribution in [0.25, 0.3) is 5.57 Å². The molecule has 1 N–H and O–H groups in total. The second kappa shape index (κ2) is 2.64. The molecule has 2 heteroatoms. The van der Waals surface area contributed by atoms with E-state index in [9.17, 15) is 0 Å². The molecule has 0 aliphatic carbocycles. The molecule has 1 fully saturated rings. The normalized spacial score (nSPS) is 14.6. The van der Waals surface area contributed by atoms with E-state index in [0.29, 0.717) is 0 Å². The molecule has 0 bridgehead atoms. The van der Waals surface area contributed by atoms with Gasteiger partial charge in [0.1, 0.15) is 6.67 Å². The molecule has 62 valence electrons. The fraction of sp³-hybridized carbons (Fsp3) is 0.200. The number of hydrogen-bond acceptors (Lipinski definition) is 2. The van der Waals surface area contributed by atoms with E-state index in [4.69, 9.17) is 0 Å². The van der Waals surface area contributed by atoms with Crippen molar-refractivity contribution in [1.82, 2.24) is 5.43 Å². The van der Waals surface area contributed by atoms with Crippen LogP contribution in [-0.4, -0.2) is 6.67 Å². The summed E-state index contributed by atoms with van der Waals surface area (Å²) in [5, 5.41) is 2.09. The average Bonchev–Trinajstić information content (AvgIpc) is 2.87. The Morgan fingerprint density at radius 2 is 2.00 bits per heavy atom. The Kier molecular flexibility index (Phi) is 1.62. The zero-order chi connectivity index (χ0) is 8.55. The minimum Gasteiger partial charge on any atom is -0.291 e. The summed E-state index contributed by atoms with van der Waals surface area (Å²) in [5.74, 6) is 0. The van der Waals surface area contributed by atoms with E-state index in [-0.39, 0.29) is 0 Å². The van der Waals surface area contributed by atoms with Crippen molar-refractivity contribution in [2.75, 3.05) is 11.7 Å². The molecule has 2 rings (SSSR count). The number of anilines is 1. The Hall–Kier alpha value is -1.28. The van der Waals surface area contributed by atoms with Crippen LogP contribution in [0.4, 0.5) is 5.69 Å². The lowest BCUT2D eigenvalue weighted by Gasteiger charge is -2.02. The molecule has 1 heterocycles. The monoisotopic (exact) mass is 160 g/mol. The van der Waals surface area contributed by atoms with Crippen molar-refractivity contribution in [2.45, 2.75) is 6.92 Å². The SMILES string of the molecule is C=C(C)c1ccc(N2CN2)cc1. The van der Waals surface area contributed by atoms with Crippen molar-refractivity contribution >= 4 is 11.3 Å². The third-order valence-corrected chi connectivity index (χ3v) is 1.99. The molecule has 0 amide bonds. The smallest absolute Gasteiger partial charge is 0.101 e. The minimum absolute atomic E-state index is 0.965. The maximum absolute atomic E-state index is 3.89. The molecule has 2 nitrogen and oxygen atoms in total. The lowest BCUT2D eigenvalue weighted by Crippen LogP contribution is -1.94. The van der Waals surface area contributed by atoms with Crippen LogP contribution < -0.4 is 10.4 Å². The number of nitrogens with zero attached hydrogens (tertiary/aromatic N) is 1. The van der Waals surface area contributed by atoms with Crippen molar-refractivity contribution < 1.29 is 0 Å². The number of hydrogen-bond donors (Lipinski definition) is 1. The summed E-state index contributed by atoms with van der Waals surface area (Å²) in [6.07, 6.45) is 0. The van der Waals surface area contributed by atoms with Gasteiger partial charge in [-0.3, -0.25) is 5.01 Å². The van der Waals surface area contributed by atoms with Crippen molar-refractivity contribution in [1.29, 1.82) is 0 Å². The maximum atomic E-state index is 3.89.